The average molecular weight is 439 g/mol. The number of amides is 1. The van der Waals surface area contributed by atoms with E-state index in [0.29, 0.717) is 21.7 Å². The van der Waals surface area contributed by atoms with Gasteiger partial charge >= 0.3 is 17.8 Å². The molecule has 2 aromatic rings. The highest BCUT2D eigenvalue weighted by Gasteiger charge is 2.23. The molecule has 2 aromatic carbocycles. The third-order valence-corrected chi connectivity index (χ3v) is 4.21. The SMILES string of the molecule is CCOC(=O)[C@H](O)CN(Cc1ccc(-c2cc(Cl)ccc2F)cc1)NC(=O)C(=O)O. The molecule has 30 heavy (non-hydrogen) atoms. The first kappa shape index (κ1) is 23.3. The van der Waals surface area contributed by atoms with Crippen molar-refractivity contribution < 1.29 is 33.7 Å². The van der Waals surface area contributed by atoms with E-state index >= 15 is 0 Å². The van der Waals surface area contributed by atoms with Crippen LogP contribution in [0.2, 0.25) is 5.02 Å². The van der Waals surface area contributed by atoms with Gasteiger partial charge in [-0.05, 0) is 36.2 Å². The number of rotatable bonds is 8. The molecule has 10 heteroatoms. The summed E-state index contributed by atoms with van der Waals surface area (Å²) in [5.74, 6) is -4.40. The number of carbonyl (C=O) groups excluding carboxylic acids is 2. The molecule has 3 N–H and O–H groups in total. The van der Waals surface area contributed by atoms with Crippen LogP contribution in [0.15, 0.2) is 42.5 Å². The van der Waals surface area contributed by atoms with Gasteiger partial charge in [0, 0.05) is 17.1 Å². The maximum absolute atomic E-state index is 14.0. The standard InChI is InChI=1S/C20H20ClFN2O6/c1-2-30-20(29)17(25)11-24(23-18(26)19(27)28)10-12-3-5-13(6-4-12)15-9-14(21)7-8-16(15)22/h3-9,17,25H,2,10-11H2,1H3,(H,23,26)(H,27,28)/t17-/m1/s1. The summed E-state index contributed by atoms with van der Waals surface area (Å²) in [5, 5.41) is 20.2. The Labute approximate surface area is 176 Å². The molecule has 0 spiro atoms. The number of nitrogens with one attached hydrogen (secondary N) is 1. The van der Waals surface area contributed by atoms with Crippen LogP contribution in [0, 0.1) is 5.82 Å². The van der Waals surface area contributed by atoms with Crippen molar-refractivity contribution in [2.24, 2.45) is 0 Å². The van der Waals surface area contributed by atoms with Gasteiger partial charge < -0.3 is 14.9 Å². The van der Waals surface area contributed by atoms with E-state index in [1.54, 1.807) is 31.2 Å². The molecule has 160 valence electrons. The van der Waals surface area contributed by atoms with Gasteiger partial charge in [-0.1, -0.05) is 35.9 Å². The zero-order chi connectivity index (χ0) is 22.3. The highest BCUT2D eigenvalue weighted by atomic mass is 35.5. The minimum absolute atomic E-state index is 0.0339. The number of aliphatic hydroxyl groups excluding tert-OH is 1. The van der Waals surface area contributed by atoms with E-state index in [4.69, 9.17) is 21.4 Å². The van der Waals surface area contributed by atoms with E-state index in [1.165, 1.54) is 18.2 Å². The lowest BCUT2D eigenvalue weighted by Crippen LogP contribution is -2.49. The number of ether oxygens (including phenoxy) is 1. The van der Waals surface area contributed by atoms with Gasteiger partial charge in [0.2, 0.25) is 0 Å². The van der Waals surface area contributed by atoms with E-state index in [9.17, 15) is 23.9 Å². The van der Waals surface area contributed by atoms with Gasteiger partial charge in [-0.2, -0.15) is 0 Å². The molecule has 0 aromatic heterocycles. The van der Waals surface area contributed by atoms with E-state index < -0.39 is 36.3 Å². The fourth-order valence-electron chi connectivity index (χ4n) is 2.59. The highest BCUT2D eigenvalue weighted by Crippen LogP contribution is 2.26. The first-order valence-electron chi connectivity index (χ1n) is 8.89. The minimum Gasteiger partial charge on any atom is -0.474 e. The van der Waals surface area contributed by atoms with Crippen molar-refractivity contribution in [3.05, 3.63) is 58.9 Å². The Balaban J connectivity index is 2.17. The molecular formula is C20H20ClFN2O6. The number of carbonyl (C=O) groups is 3. The second-order valence-corrected chi connectivity index (χ2v) is 6.65. The van der Waals surface area contributed by atoms with Crippen LogP contribution in [0.25, 0.3) is 11.1 Å². The van der Waals surface area contributed by atoms with Gasteiger partial charge in [-0.15, -0.1) is 0 Å². The second kappa shape index (κ2) is 10.7. The van der Waals surface area contributed by atoms with Gasteiger partial charge in [-0.3, -0.25) is 10.2 Å². The van der Waals surface area contributed by atoms with Crippen LogP contribution in [-0.2, 0) is 25.7 Å². The molecule has 0 saturated heterocycles. The number of carboxylic acids is 1. The third kappa shape index (κ3) is 6.51. The molecule has 0 aliphatic rings. The smallest absolute Gasteiger partial charge is 0.395 e. The Kier molecular flexibility index (Phi) is 8.28. The van der Waals surface area contributed by atoms with Crippen LogP contribution in [-0.4, -0.2) is 52.3 Å². The third-order valence-electron chi connectivity index (χ3n) is 3.97. The maximum Gasteiger partial charge on any atom is 0.395 e. The zero-order valence-corrected chi connectivity index (χ0v) is 16.7. The Morgan fingerprint density at radius 3 is 2.47 bits per heavy atom. The van der Waals surface area contributed by atoms with Crippen molar-refractivity contribution in [1.29, 1.82) is 0 Å². The molecule has 0 heterocycles. The summed E-state index contributed by atoms with van der Waals surface area (Å²) in [4.78, 5) is 34.0. The molecule has 0 fully saturated rings. The zero-order valence-electron chi connectivity index (χ0n) is 16.0. The summed E-state index contributed by atoms with van der Waals surface area (Å²) in [6, 6.07) is 10.7. The first-order valence-corrected chi connectivity index (χ1v) is 9.27. The summed E-state index contributed by atoms with van der Waals surface area (Å²) in [6.07, 6.45) is -1.60. The Hall–Kier alpha value is -3.01. The van der Waals surface area contributed by atoms with Crippen LogP contribution in [0.3, 0.4) is 0 Å². The molecule has 0 bridgehead atoms. The molecule has 0 aliphatic heterocycles. The van der Waals surface area contributed by atoms with Gasteiger partial charge in [0.15, 0.2) is 6.10 Å². The number of hydrogen-bond acceptors (Lipinski definition) is 6. The maximum atomic E-state index is 14.0. The second-order valence-electron chi connectivity index (χ2n) is 6.22. The van der Waals surface area contributed by atoms with Crippen LogP contribution < -0.4 is 5.43 Å². The monoisotopic (exact) mass is 438 g/mol. The van der Waals surface area contributed by atoms with Gasteiger partial charge in [-0.25, -0.2) is 19.0 Å². The number of hydrogen-bond donors (Lipinski definition) is 3. The van der Waals surface area contributed by atoms with Crippen LogP contribution in [0.4, 0.5) is 4.39 Å². The Morgan fingerprint density at radius 2 is 1.87 bits per heavy atom. The largest absolute Gasteiger partial charge is 0.474 e. The molecular weight excluding hydrogens is 419 g/mol. The highest BCUT2D eigenvalue weighted by molar-refractivity contribution is 6.31. The van der Waals surface area contributed by atoms with Crippen LogP contribution in [0.1, 0.15) is 12.5 Å². The quantitative estimate of drug-likeness (QED) is 0.328. The van der Waals surface area contributed by atoms with Crippen molar-refractivity contribution in [3.63, 3.8) is 0 Å². The molecule has 0 saturated carbocycles. The molecule has 1 atom stereocenters. The number of benzene rings is 2. The van der Waals surface area contributed by atoms with Gasteiger partial charge in [0.1, 0.15) is 5.82 Å². The van der Waals surface area contributed by atoms with Crippen molar-refractivity contribution >= 4 is 29.4 Å². The normalized spacial score (nSPS) is 11.8. The predicted octanol–water partition coefficient (Wildman–Crippen LogP) is 1.99. The van der Waals surface area contributed by atoms with E-state index in [-0.39, 0.29) is 13.2 Å². The molecule has 1 amide bonds. The fraction of sp³-hybridized carbons (Fsp3) is 0.250. The lowest BCUT2D eigenvalue weighted by molar-refractivity contribution is -0.157. The summed E-state index contributed by atoms with van der Waals surface area (Å²) >= 11 is 5.91. The number of nitrogens with zero attached hydrogens (tertiary/aromatic N) is 1. The number of aliphatic hydroxyl groups is 1. The minimum atomic E-state index is -1.72. The number of aliphatic carboxylic acids is 1. The molecule has 0 radical (unpaired) electrons. The van der Waals surface area contributed by atoms with Gasteiger partial charge in [0.05, 0.1) is 13.2 Å². The number of esters is 1. The average Bonchev–Trinajstić information content (AvgIpc) is 2.70. The van der Waals surface area contributed by atoms with Crippen molar-refractivity contribution in [1.82, 2.24) is 10.4 Å². The fourth-order valence-corrected chi connectivity index (χ4v) is 2.76. The van der Waals surface area contributed by atoms with Crippen molar-refractivity contribution in [2.75, 3.05) is 13.2 Å². The van der Waals surface area contributed by atoms with E-state index in [2.05, 4.69) is 5.43 Å². The number of carboxylic acid groups (broad SMARTS) is 1. The Morgan fingerprint density at radius 1 is 1.20 bits per heavy atom. The van der Waals surface area contributed by atoms with Crippen molar-refractivity contribution in [3.8, 4) is 11.1 Å². The topological polar surface area (TPSA) is 116 Å². The molecule has 0 unspecified atom stereocenters. The van der Waals surface area contributed by atoms with Crippen LogP contribution in [0.5, 0.6) is 0 Å². The Bertz CT molecular complexity index is 922. The summed E-state index contributed by atoms with van der Waals surface area (Å²) < 4.78 is 18.7. The van der Waals surface area contributed by atoms with E-state index in [1.807, 2.05) is 0 Å². The first-order chi connectivity index (χ1) is 14.2. The summed E-state index contributed by atoms with van der Waals surface area (Å²) in [7, 11) is 0. The number of halogens is 2. The lowest BCUT2D eigenvalue weighted by atomic mass is 10.0. The number of hydrazine groups is 1. The van der Waals surface area contributed by atoms with Gasteiger partial charge in [0.25, 0.3) is 0 Å². The summed E-state index contributed by atoms with van der Waals surface area (Å²) in [5.41, 5.74) is 3.57. The van der Waals surface area contributed by atoms with E-state index in [0.717, 1.165) is 5.01 Å². The van der Waals surface area contributed by atoms with Crippen molar-refractivity contribution in [2.45, 2.75) is 19.6 Å². The molecule has 0 aliphatic carbocycles. The molecule has 2 rings (SSSR count). The lowest BCUT2D eigenvalue weighted by Gasteiger charge is -2.24. The van der Waals surface area contributed by atoms with Crippen LogP contribution >= 0.6 is 11.6 Å². The molecule has 8 nitrogen and oxygen atoms in total. The predicted molar refractivity (Wildman–Crippen MR) is 106 cm³/mol. The summed E-state index contributed by atoms with van der Waals surface area (Å²) in [6.45, 7) is 1.19.